The number of benzene rings is 3. The zero-order valence-corrected chi connectivity index (χ0v) is 21.1. The molecule has 1 N–H and O–H groups in total. The molecule has 3 aliphatic heterocycles. The lowest BCUT2D eigenvalue weighted by atomic mass is 9.76. The summed E-state index contributed by atoms with van der Waals surface area (Å²) in [4.78, 5) is 45.3. The van der Waals surface area contributed by atoms with Gasteiger partial charge in [0.1, 0.15) is 11.4 Å². The van der Waals surface area contributed by atoms with E-state index < -0.39 is 17.4 Å². The van der Waals surface area contributed by atoms with Crippen LogP contribution in [0.3, 0.4) is 0 Å². The van der Waals surface area contributed by atoms with Gasteiger partial charge in [0.25, 0.3) is 5.91 Å². The second-order valence-corrected chi connectivity index (χ2v) is 10.7. The highest BCUT2D eigenvalue weighted by atomic mass is 32.2. The molecule has 6 rings (SSSR count). The number of halogens is 1. The number of anilines is 2. The minimum absolute atomic E-state index is 0.233. The fourth-order valence-electron chi connectivity index (χ4n) is 6.20. The first-order valence-corrected chi connectivity index (χ1v) is 13.7. The summed E-state index contributed by atoms with van der Waals surface area (Å²) in [7, 11) is 0. The van der Waals surface area contributed by atoms with Crippen LogP contribution < -0.4 is 15.1 Å². The van der Waals surface area contributed by atoms with E-state index in [1.165, 1.54) is 17.0 Å². The Balaban J connectivity index is 1.47. The molecule has 0 aromatic heterocycles. The Hall–Kier alpha value is -3.49. The van der Waals surface area contributed by atoms with Gasteiger partial charge in [-0.3, -0.25) is 19.7 Å². The highest BCUT2D eigenvalue weighted by molar-refractivity contribution is 7.98. The van der Waals surface area contributed by atoms with Crippen molar-refractivity contribution in [2.75, 3.05) is 21.8 Å². The number of amides is 3. The van der Waals surface area contributed by atoms with Gasteiger partial charge < -0.3 is 4.90 Å². The fraction of sp³-hybridized carbons (Fsp3) is 0.276. The predicted molar refractivity (Wildman–Crippen MR) is 142 cm³/mol. The maximum absolute atomic E-state index is 14.4. The summed E-state index contributed by atoms with van der Waals surface area (Å²) in [5.41, 5.74) is 1.36. The summed E-state index contributed by atoms with van der Waals surface area (Å²) < 4.78 is 13.5. The van der Waals surface area contributed by atoms with E-state index in [9.17, 15) is 18.8 Å². The van der Waals surface area contributed by atoms with Crippen LogP contribution in [-0.2, 0) is 26.5 Å². The number of thioether (sulfide) groups is 1. The van der Waals surface area contributed by atoms with E-state index in [2.05, 4.69) is 5.32 Å². The van der Waals surface area contributed by atoms with E-state index in [0.717, 1.165) is 11.3 Å². The number of hydrogen-bond acceptors (Lipinski definition) is 5. The Morgan fingerprint density at radius 2 is 1.62 bits per heavy atom. The molecule has 1 spiro atoms. The third kappa shape index (κ3) is 3.54. The van der Waals surface area contributed by atoms with Gasteiger partial charge in [0.15, 0.2) is 0 Å². The topological polar surface area (TPSA) is 69.7 Å². The quantitative estimate of drug-likeness (QED) is 0.501. The zero-order valence-electron chi connectivity index (χ0n) is 20.3. The summed E-state index contributed by atoms with van der Waals surface area (Å²) in [6.07, 6.45) is 2.65. The zero-order chi connectivity index (χ0) is 25.7. The molecule has 8 heteroatoms. The van der Waals surface area contributed by atoms with Gasteiger partial charge in [-0.15, -0.1) is 0 Å². The van der Waals surface area contributed by atoms with Crippen molar-refractivity contribution in [3.8, 4) is 0 Å². The van der Waals surface area contributed by atoms with Gasteiger partial charge in [-0.2, -0.15) is 11.8 Å². The van der Waals surface area contributed by atoms with Crippen LogP contribution in [0.15, 0.2) is 78.9 Å². The summed E-state index contributed by atoms with van der Waals surface area (Å²) in [6, 6.07) is 22.1. The van der Waals surface area contributed by atoms with Crippen molar-refractivity contribution >= 4 is 40.9 Å². The Morgan fingerprint density at radius 1 is 0.919 bits per heavy atom. The summed E-state index contributed by atoms with van der Waals surface area (Å²) >= 11 is 1.67. The Bertz CT molecular complexity index is 1380. The fourth-order valence-corrected chi connectivity index (χ4v) is 6.69. The number of carbonyl (C=O) groups is 3. The van der Waals surface area contributed by atoms with E-state index in [0.29, 0.717) is 23.4 Å². The lowest BCUT2D eigenvalue weighted by Gasteiger charge is -2.30. The average molecular weight is 516 g/mol. The molecule has 0 radical (unpaired) electrons. The van der Waals surface area contributed by atoms with Gasteiger partial charge in [-0.05, 0) is 54.3 Å². The number of carbonyl (C=O) groups excluding carboxylic acids is 3. The van der Waals surface area contributed by atoms with Crippen molar-refractivity contribution in [1.82, 2.24) is 5.32 Å². The first kappa shape index (κ1) is 23.9. The molecule has 2 fully saturated rings. The normalized spacial score (nSPS) is 26.3. The molecule has 188 valence electrons. The molecule has 3 aromatic carbocycles. The molecule has 2 saturated heterocycles. The number of nitrogens with one attached hydrogen (secondary N) is 1. The molecule has 0 saturated carbocycles. The second-order valence-electron chi connectivity index (χ2n) is 9.73. The number of rotatable bonds is 6. The van der Waals surface area contributed by atoms with Crippen molar-refractivity contribution in [2.24, 2.45) is 11.8 Å². The predicted octanol–water partition coefficient (Wildman–Crippen LogP) is 4.10. The number of fused-ring (bicyclic) bond motifs is 4. The largest absolute Gasteiger partial charge is 0.306 e. The van der Waals surface area contributed by atoms with Gasteiger partial charge in [0, 0.05) is 17.3 Å². The van der Waals surface area contributed by atoms with Crippen LogP contribution in [0.4, 0.5) is 15.8 Å². The second kappa shape index (κ2) is 9.11. The van der Waals surface area contributed by atoms with Gasteiger partial charge >= 0.3 is 0 Å². The van der Waals surface area contributed by atoms with Crippen LogP contribution in [0.25, 0.3) is 0 Å². The van der Waals surface area contributed by atoms with Crippen LogP contribution in [0.5, 0.6) is 0 Å². The number of nitrogens with zero attached hydrogens (tertiary/aromatic N) is 2. The summed E-state index contributed by atoms with van der Waals surface area (Å²) in [6.45, 7) is 0.233. The number of para-hydroxylation sites is 2. The van der Waals surface area contributed by atoms with Gasteiger partial charge in [0.2, 0.25) is 11.8 Å². The number of hydrogen-bond donors (Lipinski definition) is 1. The molecule has 3 amide bonds. The summed E-state index contributed by atoms with van der Waals surface area (Å²) in [5, 5.41) is 3.53. The van der Waals surface area contributed by atoms with E-state index >= 15 is 0 Å². The molecule has 3 aliphatic rings. The van der Waals surface area contributed by atoms with Gasteiger partial charge in [-0.1, -0.05) is 48.5 Å². The van der Waals surface area contributed by atoms with Crippen LogP contribution in [0.2, 0.25) is 0 Å². The van der Waals surface area contributed by atoms with Crippen molar-refractivity contribution in [3.63, 3.8) is 0 Å². The first-order chi connectivity index (χ1) is 18.0. The minimum Gasteiger partial charge on any atom is -0.306 e. The minimum atomic E-state index is -1.35. The molecule has 0 aliphatic carbocycles. The lowest BCUT2D eigenvalue weighted by molar-refractivity contribution is -0.132. The summed E-state index contributed by atoms with van der Waals surface area (Å²) in [5.74, 6) is -1.94. The van der Waals surface area contributed by atoms with Crippen molar-refractivity contribution in [3.05, 3.63) is 95.8 Å². The molecule has 0 unspecified atom stereocenters. The molecule has 3 heterocycles. The van der Waals surface area contributed by atoms with E-state index in [1.807, 2.05) is 36.6 Å². The molecular weight excluding hydrogens is 489 g/mol. The van der Waals surface area contributed by atoms with Gasteiger partial charge in [-0.25, -0.2) is 9.29 Å². The maximum Gasteiger partial charge on any atom is 0.253 e. The Kier molecular flexibility index (Phi) is 5.88. The molecule has 6 nitrogen and oxygen atoms in total. The highest BCUT2D eigenvalue weighted by Gasteiger charge is 2.71. The van der Waals surface area contributed by atoms with Crippen LogP contribution in [-0.4, -0.2) is 35.8 Å². The van der Waals surface area contributed by atoms with Gasteiger partial charge in [0.05, 0.1) is 24.1 Å². The molecular formula is C29H26FN3O3S. The number of imide groups is 1. The maximum atomic E-state index is 14.4. The lowest BCUT2D eigenvalue weighted by Crippen LogP contribution is -2.55. The molecule has 3 aromatic rings. The third-order valence-electron chi connectivity index (χ3n) is 7.77. The average Bonchev–Trinajstić information content (AvgIpc) is 3.48. The Labute approximate surface area is 218 Å². The highest BCUT2D eigenvalue weighted by Crippen LogP contribution is 2.55. The van der Waals surface area contributed by atoms with Crippen molar-refractivity contribution in [1.29, 1.82) is 0 Å². The van der Waals surface area contributed by atoms with E-state index in [4.69, 9.17) is 0 Å². The molecule has 4 atom stereocenters. The third-order valence-corrected chi connectivity index (χ3v) is 8.41. The van der Waals surface area contributed by atoms with E-state index in [1.54, 1.807) is 53.1 Å². The van der Waals surface area contributed by atoms with Crippen molar-refractivity contribution < 1.29 is 18.8 Å². The van der Waals surface area contributed by atoms with Crippen LogP contribution in [0.1, 0.15) is 17.5 Å². The van der Waals surface area contributed by atoms with Crippen LogP contribution in [0, 0.1) is 17.7 Å². The smallest absolute Gasteiger partial charge is 0.253 e. The van der Waals surface area contributed by atoms with Crippen molar-refractivity contribution in [2.45, 2.75) is 24.5 Å². The standard InChI is InChI=1S/C29H26FN3O3S/c1-37-16-15-22-24-25(27(35)33(26(24)34)20-7-3-2-4-8-20)29(31-22)21-9-5-6-10-23(21)32(28(29)36)17-18-11-13-19(30)14-12-18/h2-14,22,24-25,31H,15-17H2,1H3/t22-,24+,25-,29-/m0/s1. The first-order valence-electron chi connectivity index (χ1n) is 12.3. The molecule has 0 bridgehead atoms. The monoisotopic (exact) mass is 515 g/mol. The SMILES string of the molecule is CSCC[C@@H]1N[C@]2(C(=O)N(Cc3ccc(F)cc3)c3ccccc32)[C@@H]2C(=O)N(c3ccccc3)C(=O)[C@H]12. The van der Waals surface area contributed by atoms with E-state index in [-0.39, 0.29) is 36.1 Å². The molecule has 37 heavy (non-hydrogen) atoms. The Morgan fingerprint density at radius 3 is 2.35 bits per heavy atom. The van der Waals surface area contributed by atoms with Crippen LogP contribution >= 0.6 is 11.8 Å².